The van der Waals surface area contributed by atoms with E-state index in [1.165, 1.54) is 0 Å². The Labute approximate surface area is 163 Å². The van der Waals surface area contributed by atoms with Gasteiger partial charge in [0.15, 0.2) is 0 Å². The van der Waals surface area contributed by atoms with Crippen molar-refractivity contribution in [3.8, 4) is 5.75 Å². The Morgan fingerprint density at radius 2 is 2.07 bits per heavy atom. The fourth-order valence-electron chi connectivity index (χ4n) is 3.76. The first kappa shape index (κ1) is 18.5. The highest BCUT2D eigenvalue weighted by atomic mass is 16.5. The third kappa shape index (κ3) is 3.73. The van der Waals surface area contributed by atoms with Gasteiger partial charge in [-0.3, -0.25) is 9.59 Å². The highest BCUT2D eigenvalue weighted by Crippen LogP contribution is 2.30. The summed E-state index contributed by atoms with van der Waals surface area (Å²) in [5.41, 5.74) is 1.83. The average molecular weight is 383 g/mol. The number of imidazole rings is 1. The number of aromatic amines is 1. The van der Waals surface area contributed by atoms with E-state index in [0.29, 0.717) is 30.5 Å². The summed E-state index contributed by atoms with van der Waals surface area (Å²) in [4.78, 5) is 34.7. The highest BCUT2D eigenvalue weighted by Gasteiger charge is 2.25. The van der Waals surface area contributed by atoms with Crippen molar-refractivity contribution in [1.29, 1.82) is 0 Å². The summed E-state index contributed by atoms with van der Waals surface area (Å²) in [5.74, 6) is 1.38. The second-order valence-corrected chi connectivity index (χ2v) is 7.16. The standard InChI is InChI=1S/C20H25N5O3/c1-13-18(24-19(23-13)14-6-8-21-9-7-14)20(27)22-12-17(26)25-10-11-28-16-5-3-2-4-15(16)25/h2-5,14,21H,6-12H2,1H3,(H,22,27)(H,23,24). The van der Waals surface area contributed by atoms with E-state index in [1.54, 1.807) is 4.90 Å². The van der Waals surface area contributed by atoms with Gasteiger partial charge >= 0.3 is 0 Å². The molecule has 4 rings (SSSR count). The number of hydrogen-bond donors (Lipinski definition) is 3. The second kappa shape index (κ2) is 8.02. The van der Waals surface area contributed by atoms with Gasteiger partial charge in [-0.05, 0) is 45.0 Å². The molecule has 0 atom stereocenters. The number of anilines is 1. The summed E-state index contributed by atoms with van der Waals surface area (Å²) in [7, 11) is 0. The van der Waals surface area contributed by atoms with Gasteiger partial charge in [-0.1, -0.05) is 12.1 Å². The molecule has 8 heteroatoms. The van der Waals surface area contributed by atoms with E-state index in [-0.39, 0.29) is 18.4 Å². The number of para-hydroxylation sites is 2. The molecule has 1 saturated heterocycles. The van der Waals surface area contributed by atoms with Crippen LogP contribution >= 0.6 is 0 Å². The first-order valence-electron chi connectivity index (χ1n) is 9.71. The number of nitrogens with one attached hydrogen (secondary N) is 3. The fourth-order valence-corrected chi connectivity index (χ4v) is 3.76. The van der Waals surface area contributed by atoms with Gasteiger partial charge in [0.1, 0.15) is 23.9 Å². The summed E-state index contributed by atoms with van der Waals surface area (Å²) < 4.78 is 5.58. The van der Waals surface area contributed by atoms with E-state index in [4.69, 9.17) is 4.74 Å². The summed E-state index contributed by atoms with van der Waals surface area (Å²) in [6.45, 7) is 4.58. The number of aryl methyl sites for hydroxylation is 1. The molecule has 1 aromatic carbocycles. The van der Waals surface area contributed by atoms with Gasteiger partial charge in [0.2, 0.25) is 5.91 Å². The lowest BCUT2D eigenvalue weighted by Gasteiger charge is -2.29. The molecule has 0 aliphatic carbocycles. The number of piperidine rings is 1. The molecule has 0 spiro atoms. The van der Waals surface area contributed by atoms with E-state index < -0.39 is 0 Å². The predicted molar refractivity (Wildman–Crippen MR) is 105 cm³/mol. The molecule has 1 aromatic heterocycles. The van der Waals surface area contributed by atoms with Crippen LogP contribution in [0.25, 0.3) is 0 Å². The number of nitrogens with zero attached hydrogens (tertiary/aromatic N) is 2. The molecular weight excluding hydrogens is 358 g/mol. The van der Waals surface area contributed by atoms with Crippen LogP contribution in [0.15, 0.2) is 24.3 Å². The van der Waals surface area contributed by atoms with Crippen molar-refractivity contribution in [2.45, 2.75) is 25.7 Å². The lowest BCUT2D eigenvalue weighted by molar-refractivity contribution is -0.117. The maximum absolute atomic E-state index is 12.7. The molecule has 2 aliphatic rings. The summed E-state index contributed by atoms with van der Waals surface area (Å²) in [5, 5.41) is 6.05. The van der Waals surface area contributed by atoms with Gasteiger partial charge in [-0.2, -0.15) is 0 Å². The van der Waals surface area contributed by atoms with Crippen LogP contribution in [0.4, 0.5) is 5.69 Å². The van der Waals surface area contributed by atoms with Gasteiger partial charge < -0.3 is 25.3 Å². The zero-order valence-corrected chi connectivity index (χ0v) is 16.0. The number of carbonyl (C=O) groups is 2. The molecule has 2 aromatic rings. The lowest BCUT2D eigenvalue weighted by Crippen LogP contribution is -2.44. The third-order valence-corrected chi connectivity index (χ3v) is 5.27. The molecule has 3 heterocycles. The Kier molecular flexibility index (Phi) is 5.29. The summed E-state index contributed by atoms with van der Waals surface area (Å²) in [6.07, 6.45) is 2.01. The average Bonchev–Trinajstić information content (AvgIpc) is 3.14. The number of hydrogen-bond acceptors (Lipinski definition) is 5. The number of carbonyl (C=O) groups excluding carboxylic acids is 2. The Morgan fingerprint density at radius 1 is 1.29 bits per heavy atom. The number of amides is 2. The summed E-state index contributed by atoms with van der Waals surface area (Å²) >= 11 is 0. The van der Waals surface area contributed by atoms with Gasteiger partial charge in [-0.25, -0.2) is 4.98 Å². The number of rotatable bonds is 4. The first-order chi connectivity index (χ1) is 13.6. The molecular formula is C20H25N5O3. The van der Waals surface area contributed by atoms with Crippen LogP contribution in [-0.2, 0) is 4.79 Å². The number of ether oxygens (including phenoxy) is 1. The molecule has 2 aliphatic heterocycles. The molecule has 3 N–H and O–H groups in total. The van der Waals surface area contributed by atoms with Crippen molar-refractivity contribution in [3.63, 3.8) is 0 Å². The summed E-state index contributed by atoms with van der Waals surface area (Å²) in [6, 6.07) is 7.41. The SMILES string of the molecule is Cc1[nH]c(C2CCNCC2)nc1C(=O)NCC(=O)N1CCOc2ccccc21. The monoisotopic (exact) mass is 383 g/mol. The maximum atomic E-state index is 12.7. The van der Waals surface area contributed by atoms with E-state index in [2.05, 4.69) is 20.6 Å². The number of fused-ring (bicyclic) bond motifs is 1. The zero-order chi connectivity index (χ0) is 19.5. The number of H-pyrrole nitrogens is 1. The van der Waals surface area contributed by atoms with Crippen molar-refractivity contribution in [3.05, 3.63) is 41.5 Å². The molecule has 1 fully saturated rings. The minimum atomic E-state index is -0.330. The van der Waals surface area contributed by atoms with E-state index >= 15 is 0 Å². The number of aromatic nitrogens is 2. The minimum absolute atomic E-state index is 0.0812. The van der Waals surface area contributed by atoms with E-state index in [9.17, 15) is 9.59 Å². The molecule has 8 nitrogen and oxygen atoms in total. The van der Waals surface area contributed by atoms with Crippen molar-refractivity contribution >= 4 is 17.5 Å². The third-order valence-electron chi connectivity index (χ3n) is 5.27. The van der Waals surface area contributed by atoms with Crippen molar-refractivity contribution < 1.29 is 14.3 Å². The van der Waals surface area contributed by atoms with Gasteiger partial charge in [-0.15, -0.1) is 0 Å². The largest absolute Gasteiger partial charge is 0.490 e. The quantitative estimate of drug-likeness (QED) is 0.740. The normalized spacial score (nSPS) is 17.0. The van der Waals surface area contributed by atoms with Crippen molar-refractivity contribution in [2.75, 3.05) is 37.7 Å². The molecule has 0 saturated carbocycles. The topological polar surface area (TPSA) is 99.3 Å². The van der Waals surface area contributed by atoms with Crippen molar-refractivity contribution in [1.82, 2.24) is 20.6 Å². The highest BCUT2D eigenvalue weighted by molar-refractivity contribution is 6.01. The molecule has 0 bridgehead atoms. The van der Waals surface area contributed by atoms with Crippen molar-refractivity contribution in [2.24, 2.45) is 0 Å². The molecule has 2 amide bonds. The smallest absolute Gasteiger partial charge is 0.272 e. The molecule has 28 heavy (non-hydrogen) atoms. The van der Waals surface area contributed by atoms with Gasteiger partial charge in [0, 0.05) is 11.6 Å². The van der Waals surface area contributed by atoms with Crippen LogP contribution in [-0.4, -0.2) is 54.6 Å². The zero-order valence-electron chi connectivity index (χ0n) is 16.0. The van der Waals surface area contributed by atoms with Crippen LogP contribution in [0.2, 0.25) is 0 Å². The van der Waals surface area contributed by atoms with E-state index in [1.807, 2.05) is 31.2 Å². The van der Waals surface area contributed by atoms with Gasteiger partial charge in [0.05, 0.1) is 18.8 Å². The Bertz CT molecular complexity index is 872. The second-order valence-electron chi connectivity index (χ2n) is 7.16. The van der Waals surface area contributed by atoms with Gasteiger partial charge in [0.25, 0.3) is 5.91 Å². The van der Waals surface area contributed by atoms with Crippen LogP contribution in [0.1, 0.15) is 40.8 Å². The predicted octanol–water partition coefficient (Wildman–Crippen LogP) is 1.34. The molecule has 148 valence electrons. The van der Waals surface area contributed by atoms with Crippen LogP contribution in [0.5, 0.6) is 5.75 Å². The first-order valence-corrected chi connectivity index (χ1v) is 9.71. The Morgan fingerprint density at radius 3 is 2.89 bits per heavy atom. The number of benzene rings is 1. The molecule has 0 unspecified atom stereocenters. The Hall–Kier alpha value is -2.87. The fraction of sp³-hybridized carbons (Fsp3) is 0.450. The van der Waals surface area contributed by atoms with Crippen LogP contribution < -0.4 is 20.3 Å². The maximum Gasteiger partial charge on any atom is 0.272 e. The minimum Gasteiger partial charge on any atom is -0.490 e. The lowest BCUT2D eigenvalue weighted by atomic mass is 9.98. The molecule has 0 radical (unpaired) electrons. The van der Waals surface area contributed by atoms with Crippen LogP contribution in [0, 0.1) is 6.92 Å². The van der Waals surface area contributed by atoms with E-state index in [0.717, 1.165) is 43.1 Å². The Balaban J connectivity index is 1.40. The van der Waals surface area contributed by atoms with Crippen LogP contribution in [0.3, 0.4) is 0 Å².